The molecule has 1 rings (SSSR count). The molecular formula is C11H21NO. The lowest BCUT2D eigenvalue weighted by Crippen LogP contribution is -2.24. The van der Waals surface area contributed by atoms with Crippen LogP contribution in [0.5, 0.6) is 0 Å². The predicted octanol–water partition coefficient (Wildman–Crippen LogP) is 1.97. The molecule has 0 aliphatic carbocycles. The minimum Gasteiger partial charge on any atom is -0.381 e. The summed E-state index contributed by atoms with van der Waals surface area (Å²) in [4.78, 5) is 0. The van der Waals surface area contributed by atoms with E-state index in [1.54, 1.807) is 0 Å². The molecule has 13 heavy (non-hydrogen) atoms. The van der Waals surface area contributed by atoms with E-state index in [0.717, 1.165) is 19.8 Å². The van der Waals surface area contributed by atoms with Crippen LogP contribution in [0.2, 0.25) is 0 Å². The van der Waals surface area contributed by atoms with Crippen LogP contribution >= 0.6 is 0 Å². The first kappa shape index (κ1) is 10.7. The minimum atomic E-state index is 0.501. The summed E-state index contributed by atoms with van der Waals surface area (Å²) < 4.78 is 5.30. The Labute approximate surface area is 81.4 Å². The molecule has 1 aliphatic heterocycles. The van der Waals surface area contributed by atoms with Gasteiger partial charge < -0.3 is 10.1 Å². The monoisotopic (exact) mass is 183 g/mol. The smallest absolute Gasteiger partial charge is 0.0529 e. The number of hydrogen-bond donors (Lipinski definition) is 1. The summed E-state index contributed by atoms with van der Waals surface area (Å²) in [6.07, 6.45) is 6.94. The van der Waals surface area contributed by atoms with Gasteiger partial charge in [0.15, 0.2) is 0 Å². The molecule has 2 nitrogen and oxygen atoms in total. The van der Waals surface area contributed by atoms with Gasteiger partial charge in [-0.1, -0.05) is 19.1 Å². The van der Waals surface area contributed by atoms with E-state index in [4.69, 9.17) is 4.74 Å². The summed E-state index contributed by atoms with van der Waals surface area (Å²) in [5.74, 6) is 0.658. The molecule has 0 bridgehead atoms. The maximum absolute atomic E-state index is 5.30. The summed E-state index contributed by atoms with van der Waals surface area (Å²) in [7, 11) is 0. The molecule has 2 atom stereocenters. The topological polar surface area (TPSA) is 21.3 Å². The predicted molar refractivity (Wildman–Crippen MR) is 55.8 cm³/mol. The summed E-state index contributed by atoms with van der Waals surface area (Å²) in [5.41, 5.74) is 0. The Morgan fingerprint density at radius 1 is 1.62 bits per heavy atom. The van der Waals surface area contributed by atoms with Crippen molar-refractivity contribution in [1.82, 2.24) is 5.32 Å². The lowest BCUT2D eigenvalue weighted by atomic mass is 10.1. The third-order valence-corrected chi connectivity index (χ3v) is 2.35. The molecule has 76 valence electrons. The van der Waals surface area contributed by atoms with Crippen molar-refractivity contribution in [2.45, 2.75) is 32.7 Å². The van der Waals surface area contributed by atoms with Gasteiger partial charge in [0.05, 0.1) is 6.61 Å². The second-order valence-corrected chi connectivity index (χ2v) is 3.75. The van der Waals surface area contributed by atoms with Crippen molar-refractivity contribution in [3.05, 3.63) is 12.2 Å². The Morgan fingerprint density at radius 3 is 3.08 bits per heavy atom. The summed E-state index contributed by atoms with van der Waals surface area (Å²) >= 11 is 0. The fourth-order valence-corrected chi connectivity index (χ4v) is 1.47. The molecule has 0 amide bonds. The highest BCUT2D eigenvalue weighted by molar-refractivity contribution is 4.95. The van der Waals surface area contributed by atoms with Gasteiger partial charge in [-0.2, -0.15) is 0 Å². The molecule has 0 aromatic rings. The van der Waals surface area contributed by atoms with E-state index >= 15 is 0 Å². The second-order valence-electron chi connectivity index (χ2n) is 3.75. The van der Waals surface area contributed by atoms with Gasteiger partial charge in [-0.15, -0.1) is 0 Å². The highest BCUT2D eigenvalue weighted by Gasteiger charge is 2.11. The number of ether oxygens (including phenoxy) is 1. The van der Waals surface area contributed by atoms with Crippen molar-refractivity contribution in [2.24, 2.45) is 5.92 Å². The molecule has 0 aromatic carbocycles. The lowest BCUT2D eigenvalue weighted by Gasteiger charge is -2.08. The van der Waals surface area contributed by atoms with E-state index < -0.39 is 0 Å². The Hall–Kier alpha value is -0.340. The molecule has 1 fully saturated rings. The Balaban J connectivity index is 2.13. The third kappa shape index (κ3) is 4.44. The fourth-order valence-electron chi connectivity index (χ4n) is 1.47. The second kappa shape index (κ2) is 6.17. The quantitative estimate of drug-likeness (QED) is 0.658. The molecule has 1 heterocycles. The van der Waals surface area contributed by atoms with Crippen LogP contribution in [0.15, 0.2) is 12.2 Å². The van der Waals surface area contributed by atoms with Crippen molar-refractivity contribution in [3.8, 4) is 0 Å². The first-order valence-electron chi connectivity index (χ1n) is 5.32. The van der Waals surface area contributed by atoms with Crippen molar-refractivity contribution in [3.63, 3.8) is 0 Å². The first-order chi connectivity index (χ1) is 6.33. The lowest BCUT2D eigenvalue weighted by molar-refractivity contribution is 0.191. The van der Waals surface area contributed by atoms with Crippen LogP contribution in [0.1, 0.15) is 26.7 Å². The van der Waals surface area contributed by atoms with Gasteiger partial charge >= 0.3 is 0 Å². The van der Waals surface area contributed by atoms with E-state index in [0.29, 0.717) is 12.0 Å². The van der Waals surface area contributed by atoms with E-state index in [1.807, 2.05) is 0 Å². The SMILES string of the molecule is CCCNC(C)/C=C/C1CCOC1. The molecule has 0 aromatic heterocycles. The zero-order valence-corrected chi connectivity index (χ0v) is 8.75. The standard InChI is InChI=1S/C11H21NO/c1-3-7-12-10(2)4-5-11-6-8-13-9-11/h4-5,10-12H,3,6-9H2,1-2H3/b5-4+. The molecular weight excluding hydrogens is 162 g/mol. The van der Waals surface area contributed by atoms with Crippen LogP contribution in [-0.4, -0.2) is 25.8 Å². The normalized spacial score (nSPS) is 25.5. The zero-order valence-electron chi connectivity index (χ0n) is 8.75. The molecule has 1 aliphatic rings. The number of hydrogen-bond acceptors (Lipinski definition) is 2. The molecule has 0 radical (unpaired) electrons. The third-order valence-electron chi connectivity index (χ3n) is 2.35. The number of nitrogens with one attached hydrogen (secondary N) is 1. The number of rotatable bonds is 5. The fraction of sp³-hybridized carbons (Fsp3) is 0.818. The van der Waals surface area contributed by atoms with Gasteiger partial charge in [-0.05, 0) is 26.3 Å². The van der Waals surface area contributed by atoms with Gasteiger partial charge in [-0.3, -0.25) is 0 Å². The highest BCUT2D eigenvalue weighted by Crippen LogP contribution is 2.13. The largest absolute Gasteiger partial charge is 0.381 e. The summed E-state index contributed by atoms with van der Waals surface area (Å²) in [5, 5.41) is 3.43. The summed E-state index contributed by atoms with van der Waals surface area (Å²) in [6.45, 7) is 7.34. The van der Waals surface area contributed by atoms with Crippen molar-refractivity contribution in [1.29, 1.82) is 0 Å². The average molecular weight is 183 g/mol. The molecule has 1 N–H and O–H groups in total. The van der Waals surface area contributed by atoms with Gasteiger partial charge in [0.1, 0.15) is 0 Å². The average Bonchev–Trinajstić information content (AvgIpc) is 2.64. The molecule has 1 saturated heterocycles. The van der Waals surface area contributed by atoms with Gasteiger partial charge in [0, 0.05) is 18.6 Å². The van der Waals surface area contributed by atoms with Crippen LogP contribution in [0, 0.1) is 5.92 Å². The Morgan fingerprint density at radius 2 is 2.46 bits per heavy atom. The van der Waals surface area contributed by atoms with E-state index in [-0.39, 0.29) is 0 Å². The Kier molecular flexibility index (Phi) is 5.09. The Bertz CT molecular complexity index is 150. The van der Waals surface area contributed by atoms with Crippen LogP contribution in [0.3, 0.4) is 0 Å². The van der Waals surface area contributed by atoms with E-state index in [1.165, 1.54) is 12.8 Å². The summed E-state index contributed by atoms with van der Waals surface area (Å²) in [6, 6.07) is 0.501. The maximum Gasteiger partial charge on any atom is 0.0529 e. The van der Waals surface area contributed by atoms with Crippen molar-refractivity contribution < 1.29 is 4.74 Å². The van der Waals surface area contributed by atoms with Crippen LogP contribution in [-0.2, 0) is 4.74 Å². The van der Waals surface area contributed by atoms with Gasteiger partial charge in [0.25, 0.3) is 0 Å². The highest BCUT2D eigenvalue weighted by atomic mass is 16.5. The van der Waals surface area contributed by atoms with E-state index in [9.17, 15) is 0 Å². The van der Waals surface area contributed by atoms with Gasteiger partial charge in [-0.25, -0.2) is 0 Å². The van der Waals surface area contributed by atoms with E-state index in [2.05, 4.69) is 31.3 Å². The molecule has 2 heteroatoms. The van der Waals surface area contributed by atoms with Crippen LogP contribution in [0.25, 0.3) is 0 Å². The first-order valence-corrected chi connectivity index (χ1v) is 5.32. The maximum atomic E-state index is 5.30. The molecule has 2 unspecified atom stereocenters. The zero-order chi connectivity index (χ0) is 9.52. The molecule has 0 saturated carbocycles. The minimum absolute atomic E-state index is 0.501. The van der Waals surface area contributed by atoms with Gasteiger partial charge in [0.2, 0.25) is 0 Å². The van der Waals surface area contributed by atoms with Crippen LogP contribution < -0.4 is 5.32 Å². The van der Waals surface area contributed by atoms with Crippen molar-refractivity contribution >= 4 is 0 Å². The van der Waals surface area contributed by atoms with Crippen molar-refractivity contribution in [2.75, 3.05) is 19.8 Å². The van der Waals surface area contributed by atoms with Crippen LogP contribution in [0.4, 0.5) is 0 Å². The molecule has 0 spiro atoms.